The number of aliphatic carboxylic acids is 1. The minimum absolute atomic E-state index is 0.0845. The molecule has 0 saturated carbocycles. The molecule has 0 aliphatic carbocycles. The van der Waals surface area contributed by atoms with Crippen LogP contribution in [0.4, 0.5) is 0 Å². The van der Waals surface area contributed by atoms with E-state index >= 15 is 0 Å². The van der Waals surface area contributed by atoms with Crippen LogP contribution in [0.1, 0.15) is 34.3 Å². The van der Waals surface area contributed by atoms with E-state index < -0.39 is 5.97 Å². The van der Waals surface area contributed by atoms with Gasteiger partial charge in [-0.3, -0.25) is 4.79 Å². The fraction of sp³-hybridized carbons (Fsp3) is 0.429. The molecule has 2 heterocycles. The van der Waals surface area contributed by atoms with E-state index in [0.29, 0.717) is 11.4 Å². The average molecular weight is 311 g/mol. The number of carbonyl (C=O) groups is 2. The van der Waals surface area contributed by atoms with Crippen molar-refractivity contribution in [3.05, 3.63) is 28.0 Å². The number of carboxylic acids is 1. The highest BCUT2D eigenvalue weighted by Crippen LogP contribution is 2.37. The highest BCUT2D eigenvalue weighted by Gasteiger charge is 2.29. The SMILES string of the molecule is CC1(CNC(=O)c2ccc(/C=C/C(=O)O)s2)CCCS1. The zero-order valence-corrected chi connectivity index (χ0v) is 12.9. The van der Waals surface area contributed by atoms with Crippen LogP contribution in [0.5, 0.6) is 0 Å². The van der Waals surface area contributed by atoms with Crippen LogP contribution in [0, 0.1) is 0 Å². The molecule has 2 N–H and O–H groups in total. The van der Waals surface area contributed by atoms with Gasteiger partial charge in [0.15, 0.2) is 0 Å². The standard InChI is InChI=1S/C14H17NO3S2/c1-14(7-2-8-19-14)9-15-13(18)11-5-3-10(20-11)4-6-12(16)17/h3-6H,2,7-9H2,1H3,(H,15,18)(H,16,17)/b6-4+. The first-order valence-electron chi connectivity index (χ1n) is 6.41. The van der Waals surface area contributed by atoms with Gasteiger partial charge in [-0.15, -0.1) is 11.3 Å². The fourth-order valence-corrected chi connectivity index (χ4v) is 4.12. The number of rotatable bonds is 5. The van der Waals surface area contributed by atoms with Crippen molar-refractivity contribution in [3.8, 4) is 0 Å². The Hall–Kier alpha value is -1.27. The van der Waals surface area contributed by atoms with Gasteiger partial charge < -0.3 is 10.4 Å². The number of amides is 1. The molecule has 1 fully saturated rings. The van der Waals surface area contributed by atoms with Crippen molar-refractivity contribution in [1.82, 2.24) is 5.32 Å². The van der Waals surface area contributed by atoms with Crippen LogP contribution in [0.3, 0.4) is 0 Å². The molecule has 0 aromatic carbocycles. The maximum Gasteiger partial charge on any atom is 0.328 e. The summed E-state index contributed by atoms with van der Waals surface area (Å²) in [5.41, 5.74) is 0. The molecule has 6 heteroatoms. The van der Waals surface area contributed by atoms with Gasteiger partial charge in [0.2, 0.25) is 0 Å². The Labute approximate surface area is 126 Å². The van der Waals surface area contributed by atoms with Gasteiger partial charge in [0.05, 0.1) is 4.88 Å². The quantitative estimate of drug-likeness (QED) is 0.821. The lowest BCUT2D eigenvalue weighted by Crippen LogP contribution is -2.36. The predicted octanol–water partition coefficient (Wildman–Crippen LogP) is 2.86. The second-order valence-electron chi connectivity index (χ2n) is 4.96. The van der Waals surface area contributed by atoms with Gasteiger partial charge in [-0.1, -0.05) is 0 Å². The van der Waals surface area contributed by atoms with Crippen molar-refractivity contribution in [3.63, 3.8) is 0 Å². The van der Waals surface area contributed by atoms with Gasteiger partial charge in [-0.05, 0) is 43.7 Å². The van der Waals surface area contributed by atoms with E-state index in [1.165, 1.54) is 23.8 Å². The highest BCUT2D eigenvalue weighted by molar-refractivity contribution is 8.00. The molecule has 2 rings (SSSR count). The highest BCUT2D eigenvalue weighted by atomic mass is 32.2. The number of hydrogen-bond acceptors (Lipinski definition) is 4. The second kappa shape index (κ2) is 6.45. The summed E-state index contributed by atoms with van der Waals surface area (Å²) in [6.45, 7) is 2.86. The molecule has 1 aliphatic rings. The van der Waals surface area contributed by atoms with E-state index in [-0.39, 0.29) is 10.7 Å². The number of thioether (sulfide) groups is 1. The molecule has 1 aromatic heterocycles. The van der Waals surface area contributed by atoms with Crippen LogP contribution in [0.25, 0.3) is 6.08 Å². The Morgan fingerprint density at radius 1 is 1.50 bits per heavy atom. The molecule has 1 aliphatic heterocycles. The summed E-state index contributed by atoms with van der Waals surface area (Å²) >= 11 is 3.21. The minimum atomic E-state index is -0.990. The molecule has 0 radical (unpaired) electrons. The van der Waals surface area contributed by atoms with Gasteiger partial charge in [0.1, 0.15) is 0 Å². The first kappa shape index (κ1) is 15.1. The number of carboxylic acid groups (broad SMARTS) is 1. The number of thiophene rings is 1. The van der Waals surface area contributed by atoms with Crippen LogP contribution < -0.4 is 5.32 Å². The number of hydrogen-bond donors (Lipinski definition) is 2. The number of nitrogens with one attached hydrogen (secondary N) is 1. The molecule has 1 aromatic rings. The number of carbonyl (C=O) groups excluding carboxylic acids is 1. The van der Waals surface area contributed by atoms with Crippen LogP contribution >= 0.6 is 23.1 Å². The molecule has 20 heavy (non-hydrogen) atoms. The van der Waals surface area contributed by atoms with Crippen molar-refractivity contribution in [2.24, 2.45) is 0 Å². The summed E-state index contributed by atoms with van der Waals surface area (Å²) in [5.74, 6) is 0.0875. The lowest BCUT2D eigenvalue weighted by Gasteiger charge is -2.22. The lowest BCUT2D eigenvalue weighted by atomic mass is 10.1. The third-order valence-electron chi connectivity index (χ3n) is 3.16. The van der Waals surface area contributed by atoms with Crippen molar-refractivity contribution in [2.45, 2.75) is 24.5 Å². The molecule has 1 unspecified atom stereocenters. The van der Waals surface area contributed by atoms with E-state index in [9.17, 15) is 9.59 Å². The summed E-state index contributed by atoms with van der Waals surface area (Å²) in [6.07, 6.45) is 4.91. The maximum atomic E-state index is 12.0. The molecule has 108 valence electrons. The molecule has 0 spiro atoms. The third-order valence-corrected chi connectivity index (χ3v) is 5.75. The molecular weight excluding hydrogens is 294 g/mol. The van der Waals surface area contributed by atoms with Crippen LogP contribution in [-0.4, -0.2) is 34.0 Å². The van der Waals surface area contributed by atoms with E-state index in [4.69, 9.17) is 5.11 Å². The fourth-order valence-electron chi connectivity index (χ4n) is 2.05. The minimum Gasteiger partial charge on any atom is -0.478 e. The van der Waals surface area contributed by atoms with Crippen molar-refractivity contribution < 1.29 is 14.7 Å². The topological polar surface area (TPSA) is 66.4 Å². The normalized spacial score (nSPS) is 22.2. The summed E-state index contributed by atoms with van der Waals surface area (Å²) in [7, 11) is 0. The average Bonchev–Trinajstić information content (AvgIpc) is 3.03. The molecule has 1 saturated heterocycles. The smallest absolute Gasteiger partial charge is 0.328 e. The second-order valence-corrected chi connectivity index (χ2v) is 7.76. The molecule has 4 nitrogen and oxygen atoms in total. The summed E-state index contributed by atoms with van der Waals surface area (Å²) in [5, 5.41) is 11.5. The predicted molar refractivity (Wildman–Crippen MR) is 83.4 cm³/mol. The van der Waals surface area contributed by atoms with Crippen molar-refractivity contribution in [1.29, 1.82) is 0 Å². The Balaban J connectivity index is 1.91. The van der Waals surface area contributed by atoms with Crippen LogP contribution in [-0.2, 0) is 4.79 Å². The largest absolute Gasteiger partial charge is 0.478 e. The van der Waals surface area contributed by atoms with Gasteiger partial charge in [-0.2, -0.15) is 11.8 Å². The molecule has 1 atom stereocenters. The van der Waals surface area contributed by atoms with E-state index in [1.54, 1.807) is 12.1 Å². The van der Waals surface area contributed by atoms with Gasteiger partial charge in [-0.25, -0.2) is 4.79 Å². The monoisotopic (exact) mass is 311 g/mol. The summed E-state index contributed by atoms with van der Waals surface area (Å²) in [6, 6.07) is 3.48. The zero-order valence-electron chi connectivity index (χ0n) is 11.2. The summed E-state index contributed by atoms with van der Waals surface area (Å²) < 4.78 is 0.152. The van der Waals surface area contributed by atoms with Crippen molar-refractivity contribution in [2.75, 3.05) is 12.3 Å². The molecular formula is C14H17NO3S2. The van der Waals surface area contributed by atoms with Crippen LogP contribution in [0.15, 0.2) is 18.2 Å². The van der Waals surface area contributed by atoms with E-state index in [2.05, 4.69) is 12.2 Å². The van der Waals surface area contributed by atoms with Crippen LogP contribution in [0.2, 0.25) is 0 Å². The molecule has 0 bridgehead atoms. The van der Waals surface area contributed by atoms with Crippen molar-refractivity contribution >= 4 is 41.1 Å². The van der Waals surface area contributed by atoms with E-state index in [1.807, 2.05) is 11.8 Å². The Kier molecular flexibility index (Phi) is 4.88. The zero-order chi connectivity index (χ0) is 14.6. The summed E-state index contributed by atoms with van der Waals surface area (Å²) in [4.78, 5) is 23.9. The van der Waals surface area contributed by atoms with Gasteiger partial charge in [0.25, 0.3) is 5.91 Å². The Bertz CT molecular complexity index is 530. The lowest BCUT2D eigenvalue weighted by molar-refractivity contribution is -0.131. The first-order chi connectivity index (χ1) is 9.48. The Morgan fingerprint density at radius 3 is 2.95 bits per heavy atom. The third kappa shape index (κ3) is 4.11. The van der Waals surface area contributed by atoms with E-state index in [0.717, 1.165) is 23.1 Å². The first-order valence-corrected chi connectivity index (χ1v) is 8.22. The molecule has 1 amide bonds. The van der Waals surface area contributed by atoms with Gasteiger partial charge in [0, 0.05) is 22.2 Å². The Morgan fingerprint density at radius 2 is 2.30 bits per heavy atom. The maximum absolute atomic E-state index is 12.0. The van der Waals surface area contributed by atoms with Gasteiger partial charge >= 0.3 is 5.97 Å².